The van der Waals surface area contributed by atoms with Gasteiger partial charge in [-0.1, -0.05) is 23.7 Å². The fourth-order valence-electron chi connectivity index (χ4n) is 1.85. The maximum atomic E-state index is 12.2. The van der Waals surface area contributed by atoms with E-state index < -0.39 is 21.7 Å². The van der Waals surface area contributed by atoms with E-state index in [4.69, 9.17) is 16.0 Å². The first-order valence-electron chi connectivity index (χ1n) is 6.14. The Bertz CT molecular complexity index is 997. The number of benzene rings is 2. The Labute approximate surface area is 130 Å². The largest absolute Gasteiger partial charge is 0.388 e. The van der Waals surface area contributed by atoms with Crippen LogP contribution in [0, 0.1) is 0 Å². The smallest absolute Gasteiger partial charge is 0.348 e. The number of sulfonamides is 1. The molecular weight excluding hydrogens is 328 g/mol. The van der Waals surface area contributed by atoms with E-state index in [9.17, 15) is 13.2 Å². The summed E-state index contributed by atoms with van der Waals surface area (Å²) >= 11 is 5.72. The van der Waals surface area contributed by atoms with Gasteiger partial charge < -0.3 is 4.42 Å². The molecule has 3 aromatic rings. The summed E-state index contributed by atoms with van der Waals surface area (Å²) in [6, 6.07) is 11.7. The van der Waals surface area contributed by atoms with Crippen LogP contribution >= 0.6 is 11.6 Å². The lowest BCUT2D eigenvalue weighted by Crippen LogP contribution is -2.16. The van der Waals surface area contributed by atoms with Gasteiger partial charge in [-0.05, 0) is 36.4 Å². The van der Waals surface area contributed by atoms with Crippen LogP contribution in [-0.4, -0.2) is 13.4 Å². The summed E-state index contributed by atoms with van der Waals surface area (Å²) in [5.41, 5.74) is -0.327. The molecule has 1 aromatic heterocycles. The highest BCUT2D eigenvalue weighted by Crippen LogP contribution is 2.18. The Morgan fingerprint density at radius 3 is 2.45 bits per heavy atom. The SMILES string of the molecule is O=c1oc(NS(=O)(=O)c2ccc(Cl)cc2)nc2ccccc12. The molecule has 8 heteroatoms. The number of fused-ring (bicyclic) bond motifs is 1. The Balaban J connectivity index is 2.02. The lowest BCUT2D eigenvalue weighted by Gasteiger charge is -2.06. The minimum absolute atomic E-state index is 0.0190. The second-order valence-corrected chi connectivity index (χ2v) is 6.50. The number of aromatic nitrogens is 1. The quantitative estimate of drug-likeness (QED) is 0.794. The van der Waals surface area contributed by atoms with Crippen molar-refractivity contribution in [3.05, 3.63) is 64.0 Å². The van der Waals surface area contributed by atoms with Crippen LogP contribution in [0.5, 0.6) is 0 Å². The number of anilines is 1. The molecule has 1 heterocycles. The van der Waals surface area contributed by atoms with Crippen LogP contribution in [0.2, 0.25) is 5.02 Å². The number of halogens is 1. The zero-order valence-electron chi connectivity index (χ0n) is 11.0. The van der Waals surface area contributed by atoms with E-state index >= 15 is 0 Å². The van der Waals surface area contributed by atoms with Gasteiger partial charge in [0.05, 0.1) is 15.8 Å². The van der Waals surface area contributed by atoms with E-state index in [1.54, 1.807) is 24.3 Å². The molecule has 1 N–H and O–H groups in total. The van der Waals surface area contributed by atoms with Gasteiger partial charge in [-0.2, -0.15) is 4.98 Å². The Kier molecular flexibility index (Phi) is 3.59. The van der Waals surface area contributed by atoms with E-state index in [0.29, 0.717) is 10.5 Å². The molecular formula is C14H9ClN2O4S. The molecule has 0 radical (unpaired) electrons. The van der Waals surface area contributed by atoms with Crippen LogP contribution < -0.4 is 10.3 Å². The monoisotopic (exact) mass is 336 g/mol. The first-order chi connectivity index (χ1) is 10.5. The van der Waals surface area contributed by atoms with Crippen molar-refractivity contribution in [2.45, 2.75) is 4.90 Å². The fourth-order valence-corrected chi connectivity index (χ4v) is 2.91. The molecule has 22 heavy (non-hydrogen) atoms. The second kappa shape index (κ2) is 5.43. The average molecular weight is 337 g/mol. The van der Waals surface area contributed by atoms with Crippen LogP contribution in [0.15, 0.2) is 62.6 Å². The van der Waals surface area contributed by atoms with Crippen molar-refractivity contribution >= 4 is 38.5 Å². The molecule has 6 nitrogen and oxygen atoms in total. The number of rotatable bonds is 3. The van der Waals surface area contributed by atoms with Gasteiger partial charge in [-0.3, -0.25) is 0 Å². The third kappa shape index (κ3) is 2.81. The average Bonchev–Trinajstić information content (AvgIpc) is 2.47. The van der Waals surface area contributed by atoms with E-state index in [-0.39, 0.29) is 10.3 Å². The predicted octanol–water partition coefficient (Wildman–Crippen LogP) is 2.64. The van der Waals surface area contributed by atoms with Crippen LogP contribution in [0.4, 0.5) is 6.01 Å². The highest BCUT2D eigenvalue weighted by Gasteiger charge is 2.17. The van der Waals surface area contributed by atoms with Crippen LogP contribution in [0.1, 0.15) is 0 Å². The topological polar surface area (TPSA) is 89.3 Å². The third-order valence-corrected chi connectivity index (χ3v) is 4.47. The standard InChI is InChI=1S/C14H9ClN2O4S/c15-9-5-7-10(8-6-9)22(19,20)17-14-16-12-4-2-1-3-11(12)13(18)21-14/h1-8H,(H,16,17). The van der Waals surface area contributed by atoms with Crippen LogP contribution in [0.3, 0.4) is 0 Å². The first kappa shape index (κ1) is 14.6. The van der Waals surface area contributed by atoms with Crippen LogP contribution in [0.25, 0.3) is 10.9 Å². The zero-order valence-corrected chi connectivity index (χ0v) is 12.6. The molecule has 0 atom stereocenters. The Hall–Kier alpha value is -2.38. The number of hydrogen-bond acceptors (Lipinski definition) is 5. The summed E-state index contributed by atoms with van der Waals surface area (Å²) in [7, 11) is -3.92. The fraction of sp³-hybridized carbons (Fsp3) is 0. The van der Waals surface area contributed by atoms with Gasteiger partial charge >= 0.3 is 11.6 Å². The molecule has 0 spiro atoms. The lowest BCUT2D eigenvalue weighted by atomic mass is 10.2. The highest BCUT2D eigenvalue weighted by atomic mass is 35.5. The van der Waals surface area contributed by atoms with E-state index in [0.717, 1.165) is 0 Å². The highest BCUT2D eigenvalue weighted by molar-refractivity contribution is 7.92. The predicted molar refractivity (Wildman–Crippen MR) is 82.5 cm³/mol. The molecule has 0 aliphatic heterocycles. The molecule has 112 valence electrons. The molecule has 0 fully saturated rings. The van der Waals surface area contributed by atoms with Crippen molar-refractivity contribution in [3.8, 4) is 0 Å². The molecule has 0 unspecified atom stereocenters. The Morgan fingerprint density at radius 1 is 1.05 bits per heavy atom. The zero-order chi connectivity index (χ0) is 15.7. The minimum atomic E-state index is -3.92. The molecule has 0 saturated heterocycles. The Morgan fingerprint density at radius 2 is 1.73 bits per heavy atom. The number of nitrogens with zero attached hydrogens (tertiary/aromatic N) is 1. The molecule has 0 aliphatic carbocycles. The molecule has 2 aromatic carbocycles. The summed E-state index contributed by atoms with van der Waals surface area (Å²) in [6.07, 6.45) is 0. The summed E-state index contributed by atoms with van der Waals surface area (Å²) in [5.74, 6) is 0. The van der Waals surface area contributed by atoms with Crippen molar-refractivity contribution < 1.29 is 12.8 Å². The van der Waals surface area contributed by atoms with Gasteiger partial charge in [-0.25, -0.2) is 17.9 Å². The molecule has 0 saturated carbocycles. The van der Waals surface area contributed by atoms with Gasteiger partial charge in [0.25, 0.3) is 10.0 Å². The van der Waals surface area contributed by atoms with E-state index in [1.807, 2.05) is 0 Å². The number of nitrogens with one attached hydrogen (secondary N) is 1. The van der Waals surface area contributed by atoms with Gasteiger partial charge in [0, 0.05) is 5.02 Å². The maximum Gasteiger partial charge on any atom is 0.348 e. The van der Waals surface area contributed by atoms with Gasteiger partial charge in [0.15, 0.2) is 0 Å². The van der Waals surface area contributed by atoms with Crippen molar-refractivity contribution in [2.24, 2.45) is 0 Å². The minimum Gasteiger partial charge on any atom is -0.388 e. The van der Waals surface area contributed by atoms with E-state index in [1.165, 1.54) is 24.3 Å². The normalized spacial score (nSPS) is 11.5. The van der Waals surface area contributed by atoms with Crippen molar-refractivity contribution in [2.75, 3.05) is 4.72 Å². The van der Waals surface area contributed by atoms with Gasteiger partial charge in [0.2, 0.25) is 0 Å². The van der Waals surface area contributed by atoms with Crippen molar-refractivity contribution in [1.29, 1.82) is 0 Å². The van der Waals surface area contributed by atoms with E-state index in [2.05, 4.69) is 9.71 Å². The van der Waals surface area contributed by atoms with Crippen LogP contribution in [-0.2, 0) is 10.0 Å². The molecule has 3 rings (SSSR count). The first-order valence-corrected chi connectivity index (χ1v) is 8.00. The van der Waals surface area contributed by atoms with Crippen molar-refractivity contribution in [1.82, 2.24) is 4.98 Å². The molecule has 0 amide bonds. The summed E-state index contributed by atoms with van der Waals surface area (Å²) in [6.45, 7) is 0. The van der Waals surface area contributed by atoms with Gasteiger partial charge in [-0.15, -0.1) is 0 Å². The number of hydrogen-bond donors (Lipinski definition) is 1. The second-order valence-electron chi connectivity index (χ2n) is 4.38. The third-order valence-electron chi connectivity index (χ3n) is 2.88. The summed E-state index contributed by atoms with van der Waals surface area (Å²) in [5, 5.41) is 0.686. The molecule has 0 aliphatic rings. The molecule has 0 bridgehead atoms. The summed E-state index contributed by atoms with van der Waals surface area (Å²) < 4.78 is 31.4. The number of para-hydroxylation sites is 1. The lowest BCUT2D eigenvalue weighted by molar-refractivity contribution is 0.521. The van der Waals surface area contributed by atoms with Crippen molar-refractivity contribution in [3.63, 3.8) is 0 Å². The summed E-state index contributed by atoms with van der Waals surface area (Å²) in [4.78, 5) is 15.8. The van der Waals surface area contributed by atoms with Gasteiger partial charge in [0.1, 0.15) is 0 Å². The maximum absolute atomic E-state index is 12.2.